The second-order valence-corrected chi connectivity index (χ2v) is 6.65. The molecule has 0 fully saturated rings. The number of aromatic nitrogens is 2. The maximum Gasteiger partial charge on any atom is 0.316 e. The standard InChI is InChI=1S/C18H18N2O4S/c1-12(2)24-16(21)11-25-18-19-15-8-4-3-7-14(15)17(22)20(18)10-13-6-5-9-23-13/h3-9,12H,10-11H2,1-2H3. The summed E-state index contributed by atoms with van der Waals surface area (Å²) in [5, 5.41) is 0.990. The van der Waals surface area contributed by atoms with E-state index in [-0.39, 0.29) is 29.9 Å². The molecular weight excluding hydrogens is 340 g/mol. The summed E-state index contributed by atoms with van der Waals surface area (Å²) in [6.45, 7) is 3.85. The molecule has 0 aliphatic carbocycles. The molecule has 2 heterocycles. The van der Waals surface area contributed by atoms with Gasteiger partial charge in [0, 0.05) is 0 Å². The van der Waals surface area contributed by atoms with E-state index in [2.05, 4.69) is 4.98 Å². The third kappa shape index (κ3) is 4.11. The fraction of sp³-hybridized carbons (Fsp3) is 0.278. The topological polar surface area (TPSA) is 74.3 Å². The number of ether oxygens (including phenoxy) is 1. The maximum atomic E-state index is 12.8. The summed E-state index contributed by atoms with van der Waals surface area (Å²) < 4.78 is 12.0. The number of nitrogens with zero attached hydrogens (tertiary/aromatic N) is 2. The monoisotopic (exact) mass is 358 g/mol. The first kappa shape index (κ1) is 17.3. The Kier molecular flexibility index (Phi) is 5.23. The minimum atomic E-state index is -0.341. The van der Waals surface area contributed by atoms with Crippen LogP contribution in [-0.4, -0.2) is 27.4 Å². The van der Waals surface area contributed by atoms with Crippen LogP contribution in [0.1, 0.15) is 19.6 Å². The van der Waals surface area contributed by atoms with Crippen molar-refractivity contribution in [2.24, 2.45) is 0 Å². The second kappa shape index (κ2) is 7.57. The number of thioether (sulfide) groups is 1. The molecule has 0 atom stereocenters. The van der Waals surface area contributed by atoms with Gasteiger partial charge in [-0.05, 0) is 38.1 Å². The molecule has 6 nitrogen and oxygen atoms in total. The summed E-state index contributed by atoms with van der Waals surface area (Å²) in [7, 11) is 0. The summed E-state index contributed by atoms with van der Waals surface area (Å²) in [6.07, 6.45) is 1.38. The third-order valence-electron chi connectivity index (χ3n) is 3.41. The molecule has 3 aromatic rings. The Hall–Kier alpha value is -2.54. The van der Waals surface area contributed by atoms with Gasteiger partial charge in [0.1, 0.15) is 5.76 Å². The predicted octanol–water partition coefficient (Wildman–Crippen LogP) is 3.08. The van der Waals surface area contributed by atoms with Gasteiger partial charge in [-0.15, -0.1) is 0 Å². The molecule has 0 saturated heterocycles. The molecule has 2 aromatic heterocycles. The summed E-state index contributed by atoms with van der Waals surface area (Å²) in [4.78, 5) is 29.2. The molecule has 7 heteroatoms. The van der Waals surface area contributed by atoms with Crippen molar-refractivity contribution in [2.45, 2.75) is 31.7 Å². The lowest BCUT2D eigenvalue weighted by Gasteiger charge is -2.12. The van der Waals surface area contributed by atoms with Crippen molar-refractivity contribution in [2.75, 3.05) is 5.75 Å². The van der Waals surface area contributed by atoms with E-state index < -0.39 is 0 Å². The van der Waals surface area contributed by atoms with E-state index in [1.807, 2.05) is 6.07 Å². The van der Waals surface area contributed by atoms with Gasteiger partial charge in [-0.3, -0.25) is 14.2 Å². The van der Waals surface area contributed by atoms with Gasteiger partial charge in [-0.25, -0.2) is 4.98 Å². The fourth-order valence-electron chi connectivity index (χ4n) is 2.38. The zero-order valence-electron chi connectivity index (χ0n) is 14.0. The number of hydrogen-bond donors (Lipinski definition) is 0. The Morgan fingerprint density at radius 3 is 2.80 bits per heavy atom. The van der Waals surface area contributed by atoms with Crippen LogP contribution >= 0.6 is 11.8 Å². The highest BCUT2D eigenvalue weighted by molar-refractivity contribution is 7.99. The van der Waals surface area contributed by atoms with Crippen molar-refractivity contribution in [1.82, 2.24) is 9.55 Å². The van der Waals surface area contributed by atoms with Gasteiger partial charge in [-0.2, -0.15) is 0 Å². The van der Waals surface area contributed by atoms with Crippen LogP contribution in [0.4, 0.5) is 0 Å². The van der Waals surface area contributed by atoms with Crippen LogP contribution in [0.15, 0.2) is 57.0 Å². The van der Waals surface area contributed by atoms with Crippen LogP contribution in [0, 0.1) is 0 Å². The molecule has 0 unspecified atom stereocenters. The Morgan fingerprint density at radius 2 is 2.08 bits per heavy atom. The van der Waals surface area contributed by atoms with Gasteiger partial charge >= 0.3 is 5.97 Å². The van der Waals surface area contributed by atoms with Gasteiger partial charge in [0.25, 0.3) is 5.56 Å². The highest BCUT2D eigenvalue weighted by atomic mass is 32.2. The zero-order valence-corrected chi connectivity index (χ0v) is 14.8. The minimum Gasteiger partial charge on any atom is -0.467 e. The third-order valence-corrected chi connectivity index (χ3v) is 4.36. The Labute approximate surface area is 148 Å². The molecule has 0 aliphatic heterocycles. The first-order valence-corrected chi connectivity index (χ1v) is 8.87. The molecule has 0 N–H and O–H groups in total. The van der Waals surface area contributed by atoms with Gasteiger partial charge < -0.3 is 9.15 Å². The van der Waals surface area contributed by atoms with Crippen molar-refractivity contribution in [1.29, 1.82) is 0 Å². The Bertz CT molecular complexity index is 932. The van der Waals surface area contributed by atoms with Crippen molar-refractivity contribution in [3.05, 3.63) is 58.8 Å². The van der Waals surface area contributed by atoms with Crippen LogP contribution < -0.4 is 5.56 Å². The predicted molar refractivity (Wildman–Crippen MR) is 95.8 cm³/mol. The smallest absolute Gasteiger partial charge is 0.316 e. The maximum absolute atomic E-state index is 12.8. The molecule has 0 spiro atoms. The molecule has 0 bridgehead atoms. The van der Waals surface area contributed by atoms with E-state index in [4.69, 9.17) is 9.15 Å². The molecule has 130 valence electrons. The van der Waals surface area contributed by atoms with Crippen LogP contribution in [0.3, 0.4) is 0 Å². The summed E-state index contributed by atoms with van der Waals surface area (Å²) in [5.41, 5.74) is 0.435. The number of esters is 1. The highest BCUT2D eigenvalue weighted by Gasteiger charge is 2.15. The molecule has 0 amide bonds. The van der Waals surface area contributed by atoms with Crippen LogP contribution in [-0.2, 0) is 16.1 Å². The lowest BCUT2D eigenvalue weighted by molar-refractivity contribution is -0.144. The second-order valence-electron chi connectivity index (χ2n) is 5.71. The number of para-hydroxylation sites is 1. The summed E-state index contributed by atoms with van der Waals surface area (Å²) in [6, 6.07) is 10.7. The average molecular weight is 358 g/mol. The number of hydrogen-bond acceptors (Lipinski definition) is 6. The highest BCUT2D eigenvalue weighted by Crippen LogP contribution is 2.19. The number of benzene rings is 1. The first-order chi connectivity index (χ1) is 12.0. The number of furan rings is 1. The molecule has 3 rings (SSSR count). The average Bonchev–Trinajstić information content (AvgIpc) is 3.08. The summed E-state index contributed by atoms with van der Waals surface area (Å²) >= 11 is 1.18. The van der Waals surface area contributed by atoms with E-state index >= 15 is 0 Å². The van der Waals surface area contributed by atoms with Crippen molar-refractivity contribution in [3.63, 3.8) is 0 Å². The molecule has 25 heavy (non-hydrogen) atoms. The number of fused-ring (bicyclic) bond motifs is 1. The first-order valence-electron chi connectivity index (χ1n) is 7.89. The van der Waals surface area contributed by atoms with Crippen LogP contribution in [0.25, 0.3) is 10.9 Å². The zero-order chi connectivity index (χ0) is 17.8. The number of rotatable bonds is 6. The van der Waals surface area contributed by atoms with Gasteiger partial charge in [-0.1, -0.05) is 23.9 Å². The van der Waals surface area contributed by atoms with E-state index in [1.165, 1.54) is 16.3 Å². The van der Waals surface area contributed by atoms with Gasteiger partial charge in [0.2, 0.25) is 0 Å². The van der Waals surface area contributed by atoms with E-state index in [0.717, 1.165) is 0 Å². The molecule has 1 aromatic carbocycles. The minimum absolute atomic E-state index is 0.0844. The molecular formula is C18H18N2O4S. The van der Waals surface area contributed by atoms with Crippen molar-refractivity contribution in [3.8, 4) is 0 Å². The largest absolute Gasteiger partial charge is 0.467 e. The van der Waals surface area contributed by atoms with Crippen LogP contribution in [0.5, 0.6) is 0 Å². The molecule has 0 radical (unpaired) electrons. The van der Waals surface area contributed by atoms with E-state index in [0.29, 0.717) is 21.8 Å². The lowest BCUT2D eigenvalue weighted by Crippen LogP contribution is -2.24. The lowest BCUT2D eigenvalue weighted by atomic mass is 10.2. The fourth-order valence-corrected chi connectivity index (χ4v) is 3.16. The van der Waals surface area contributed by atoms with Crippen LogP contribution in [0.2, 0.25) is 0 Å². The number of carbonyl (C=O) groups excluding carboxylic acids is 1. The van der Waals surface area contributed by atoms with Crippen molar-refractivity contribution >= 4 is 28.6 Å². The van der Waals surface area contributed by atoms with Crippen molar-refractivity contribution < 1.29 is 13.9 Å². The number of carbonyl (C=O) groups is 1. The Morgan fingerprint density at radius 1 is 1.28 bits per heavy atom. The van der Waals surface area contributed by atoms with Gasteiger partial charge in [0.15, 0.2) is 5.16 Å². The van der Waals surface area contributed by atoms with E-state index in [1.54, 1.807) is 50.4 Å². The quantitative estimate of drug-likeness (QED) is 0.383. The molecule has 0 saturated carbocycles. The van der Waals surface area contributed by atoms with E-state index in [9.17, 15) is 9.59 Å². The normalized spacial score (nSPS) is 11.2. The van der Waals surface area contributed by atoms with Gasteiger partial charge in [0.05, 0.1) is 35.6 Å². The SMILES string of the molecule is CC(C)OC(=O)CSc1nc2ccccc2c(=O)n1Cc1ccco1. The summed E-state index contributed by atoms with van der Waals surface area (Å²) in [5.74, 6) is 0.388. The molecule has 0 aliphatic rings. The Balaban J connectivity index is 1.96.